The summed E-state index contributed by atoms with van der Waals surface area (Å²) >= 11 is 0. The van der Waals surface area contributed by atoms with Gasteiger partial charge in [-0.3, -0.25) is 0 Å². The molecule has 0 saturated carbocycles. The fraction of sp³-hybridized carbons (Fsp3) is 1.00. The molecule has 0 fully saturated rings. The summed E-state index contributed by atoms with van der Waals surface area (Å²) in [5, 5.41) is 0. The van der Waals surface area contributed by atoms with Gasteiger partial charge < -0.3 is 9.47 Å². The molecule has 2 nitrogen and oxygen atoms in total. The van der Waals surface area contributed by atoms with Crippen LogP contribution < -0.4 is 0 Å². The number of hydrogen-bond acceptors (Lipinski definition) is 2. The van der Waals surface area contributed by atoms with Crippen molar-refractivity contribution in [1.29, 1.82) is 0 Å². The molecule has 0 atom stereocenters. The van der Waals surface area contributed by atoms with Crippen LogP contribution >= 0.6 is 0 Å². The molecular formula is C9H22O2Si. The van der Waals surface area contributed by atoms with E-state index in [9.17, 15) is 0 Å². The first kappa shape index (κ1) is 12.1. The summed E-state index contributed by atoms with van der Waals surface area (Å²) in [6, 6.07) is 0. The van der Waals surface area contributed by atoms with Gasteiger partial charge in [0.2, 0.25) is 0 Å². The van der Waals surface area contributed by atoms with Crippen LogP contribution in [0.2, 0.25) is 0 Å². The van der Waals surface area contributed by atoms with Gasteiger partial charge in [-0.25, -0.2) is 0 Å². The maximum absolute atomic E-state index is 5.74. The van der Waals surface area contributed by atoms with Crippen LogP contribution in [0.15, 0.2) is 0 Å². The molecule has 0 amide bonds. The van der Waals surface area contributed by atoms with Crippen molar-refractivity contribution in [3.05, 3.63) is 0 Å². The Bertz CT molecular complexity index is 114. The number of hydrogen-bond donors (Lipinski definition) is 0. The van der Waals surface area contributed by atoms with E-state index >= 15 is 0 Å². The summed E-state index contributed by atoms with van der Waals surface area (Å²) in [4.78, 5) is 0. The maximum Gasteiger partial charge on any atom is 0.142 e. The highest BCUT2D eigenvalue weighted by molar-refractivity contribution is 6.13. The van der Waals surface area contributed by atoms with Gasteiger partial charge in [0.05, 0.1) is 22.5 Å². The minimum absolute atomic E-state index is 0.251. The molecule has 0 aromatic rings. The smallest absolute Gasteiger partial charge is 0.142 e. The first-order chi connectivity index (χ1) is 5.39. The molecule has 0 aliphatic heterocycles. The van der Waals surface area contributed by atoms with Crippen molar-refractivity contribution in [3.63, 3.8) is 0 Å². The largest absolute Gasteiger partial charge is 0.352 e. The van der Waals surface area contributed by atoms with E-state index in [2.05, 4.69) is 6.92 Å². The van der Waals surface area contributed by atoms with E-state index in [1.165, 1.54) is 0 Å². The summed E-state index contributed by atoms with van der Waals surface area (Å²) in [7, 11) is 0.920. The van der Waals surface area contributed by atoms with E-state index in [0.29, 0.717) is 0 Å². The molecule has 0 aliphatic rings. The molecule has 12 heavy (non-hydrogen) atoms. The summed E-state index contributed by atoms with van der Waals surface area (Å²) in [6.07, 6.45) is 1.44. The Morgan fingerprint density at radius 1 is 1.08 bits per heavy atom. The minimum Gasteiger partial charge on any atom is -0.352 e. The first-order valence-electron chi connectivity index (χ1n) is 4.75. The molecule has 0 heterocycles. The van der Waals surface area contributed by atoms with Crippen molar-refractivity contribution in [2.75, 3.05) is 0 Å². The molecule has 0 spiro atoms. The molecule has 0 rings (SSSR count). The van der Waals surface area contributed by atoms with Gasteiger partial charge in [0.25, 0.3) is 0 Å². The molecule has 74 valence electrons. The van der Waals surface area contributed by atoms with E-state index in [4.69, 9.17) is 9.47 Å². The van der Waals surface area contributed by atoms with Crippen molar-refractivity contribution in [1.82, 2.24) is 0 Å². The monoisotopic (exact) mass is 190 g/mol. The Morgan fingerprint density at radius 3 is 1.58 bits per heavy atom. The molecule has 0 aromatic carbocycles. The van der Waals surface area contributed by atoms with E-state index in [0.717, 1.165) is 16.7 Å². The van der Waals surface area contributed by atoms with Crippen LogP contribution in [0.1, 0.15) is 41.0 Å². The van der Waals surface area contributed by atoms with Gasteiger partial charge in [-0.15, -0.1) is 0 Å². The second-order valence-corrected chi connectivity index (χ2v) is 5.34. The van der Waals surface area contributed by atoms with Gasteiger partial charge in [-0.2, -0.15) is 0 Å². The van der Waals surface area contributed by atoms with Gasteiger partial charge in [0, 0.05) is 0 Å². The van der Waals surface area contributed by atoms with Gasteiger partial charge in [-0.05, 0) is 34.1 Å². The van der Waals surface area contributed by atoms with E-state index < -0.39 is 0 Å². The fourth-order valence-corrected chi connectivity index (χ4v) is 2.13. The molecule has 3 heteroatoms. The van der Waals surface area contributed by atoms with Crippen molar-refractivity contribution in [3.8, 4) is 0 Å². The van der Waals surface area contributed by atoms with Crippen molar-refractivity contribution in [2.45, 2.75) is 58.7 Å². The van der Waals surface area contributed by atoms with Gasteiger partial charge in [0.1, 0.15) is 5.41 Å². The molecule has 0 unspecified atom stereocenters. The van der Waals surface area contributed by atoms with E-state index in [1.807, 2.05) is 27.7 Å². The molecule has 0 saturated heterocycles. The predicted octanol–water partition coefficient (Wildman–Crippen LogP) is 1.27. The van der Waals surface area contributed by atoms with Crippen LogP contribution in [0, 0.1) is 0 Å². The molecule has 0 radical (unpaired) electrons. The normalized spacial score (nSPS) is 13.2. The summed E-state index contributed by atoms with van der Waals surface area (Å²) in [5.41, 5.74) is -0.275. The molecule has 0 aliphatic carbocycles. The third-order valence-corrected chi connectivity index (χ3v) is 2.79. The Kier molecular flexibility index (Phi) is 5.05. The average molecular weight is 190 g/mol. The van der Waals surface area contributed by atoms with Crippen LogP contribution in [-0.2, 0) is 9.47 Å². The predicted molar refractivity (Wildman–Crippen MR) is 55.4 cm³/mol. The fourth-order valence-electron chi connectivity index (χ4n) is 1.19. The Labute approximate surface area is 79.1 Å². The highest BCUT2D eigenvalue weighted by Gasteiger charge is 2.25. The Morgan fingerprint density at radius 2 is 1.42 bits per heavy atom. The van der Waals surface area contributed by atoms with Crippen LogP contribution in [0.25, 0.3) is 0 Å². The van der Waals surface area contributed by atoms with Crippen LogP contribution in [0.5, 0.6) is 0 Å². The van der Waals surface area contributed by atoms with Crippen LogP contribution in [-0.4, -0.2) is 27.9 Å². The van der Waals surface area contributed by atoms with Crippen molar-refractivity contribution in [2.24, 2.45) is 0 Å². The number of rotatable bonds is 5. The van der Waals surface area contributed by atoms with Gasteiger partial charge in [0.15, 0.2) is 0 Å². The standard InChI is InChI=1S/C9H22O2Si/c1-6-9(12,10-7(2)3)11-8(4)5/h7-8H,6H2,1-5,12H3. The maximum atomic E-state index is 5.74. The highest BCUT2D eigenvalue weighted by Crippen LogP contribution is 2.17. The van der Waals surface area contributed by atoms with Crippen LogP contribution in [0.4, 0.5) is 0 Å². The third-order valence-electron chi connectivity index (χ3n) is 1.61. The van der Waals surface area contributed by atoms with Crippen LogP contribution in [0.3, 0.4) is 0 Å². The third kappa shape index (κ3) is 4.90. The SMILES string of the molecule is CCC([SiH3])(OC(C)C)OC(C)C. The average Bonchev–Trinajstić information content (AvgIpc) is 1.83. The van der Waals surface area contributed by atoms with Crippen molar-refractivity contribution < 1.29 is 9.47 Å². The number of ether oxygens (including phenoxy) is 2. The molecule has 0 aromatic heterocycles. The summed E-state index contributed by atoms with van der Waals surface area (Å²) in [6.45, 7) is 10.3. The Hall–Kier alpha value is 0.137. The quantitative estimate of drug-likeness (QED) is 0.480. The lowest BCUT2D eigenvalue weighted by atomic mass is 10.4. The van der Waals surface area contributed by atoms with E-state index in [-0.39, 0.29) is 17.6 Å². The lowest BCUT2D eigenvalue weighted by Crippen LogP contribution is -2.40. The Balaban J connectivity index is 4.04. The van der Waals surface area contributed by atoms with Crippen molar-refractivity contribution >= 4 is 10.2 Å². The summed E-state index contributed by atoms with van der Waals surface area (Å²) < 4.78 is 11.5. The topological polar surface area (TPSA) is 18.5 Å². The summed E-state index contributed by atoms with van der Waals surface area (Å²) in [5.74, 6) is 0. The highest BCUT2D eigenvalue weighted by atomic mass is 28.1. The zero-order chi connectivity index (χ0) is 9.78. The van der Waals surface area contributed by atoms with Gasteiger partial charge >= 0.3 is 0 Å². The lowest BCUT2D eigenvalue weighted by molar-refractivity contribution is -0.215. The molecule has 0 bridgehead atoms. The minimum atomic E-state index is -0.275. The van der Waals surface area contributed by atoms with E-state index in [1.54, 1.807) is 0 Å². The second-order valence-electron chi connectivity index (χ2n) is 3.82. The zero-order valence-electron chi connectivity index (χ0n) is 9.18. The zero-order valence-corrected chi connectivity index (χ0v) is 11.2. The molecule has 0 N–H and O–H groups in total. The lowest BCUT2D eigenvalue weighted by Gasteiger charge is -2.33. The van der Waals surface area contributed by atoms with Gasteiger partial charge in [-0.1, -0.05) is 6.92 Å². The second kappa shape index (κ2) is 4.99. The molecular weight excluding hydrogens is 168 g/mol. The first-order valence-corrected chi connectivity index (χ1v) is 5.75.